The number of amides is 2. The summed E-state index contributed by atoms with van der Waals surface area (Å²) in [5, 5.41) is 9.27. The maximum atomic E-state index is 12.7. The van der Waals surface area contributed by atoms with Crippen molar-refractivity contribution in [3.63, 3.8) is 0 Å². The molecule has 35 heavy (non-hydrogen) atoms. The number of benzene rings is 1. The number of nitrogens with one attached hydrogen (secondary N) is 3. The Morgan fingerprint density at radius 2 is 1.86 bits per heavy atom. The van der Waals surface area contributed by atoms with Crippen LogP contribution in [0, 0.1) is 0 Å². The molecule has 0 aliphatic carbocycles. The third-order valence-electron chi connectivity index (χ3n) is 6.25. The van der Waals surface area contributed by atoms with Crippen LogP contribution in [0.2, 0.25) is 0 Å². The monoisotopic (exact) mass is 479 g/mol. The first-order valence-electron chi connectivity index (χ1n) is 11.8. The van der Waals surface area contributed by atoms with E-state index in [4.69, 9.17) is 9.47 Å². The van der Waals surface area contributed by atoms with Crippen molar-refractivity contribution in [2.75, 3.05) is 73.9 Å². The van der Waals surface area contributed by atoms with Crippen molar-refractivity contribution < 1.29 is 19.1 Å². The van der Waals surface area contributed by atoms with E-state index in [1.807, 2.05) is 18.2 Å². The third kappa shape index (κ3) is 4.99. The number of morpholine rings is 1. The van der Waals surface area contributed by atoms with Crippen LogP contribution in [-0.4, -0.2) is 79.7 Å². The standard InChI is InChI=1S/C24H29N7O4/c1-30-7-6-25-22-21-17(24(33)29-23(21)28-15-27-22)14-26-16-4-5-18(31-8-11-34-12-9-31)19(13-16)35-10-2-3-20(30)32/h4-5,13-15,26H,2-3,6-12H2,1H3,(H2,25,27,28,29,33)/b17-14+. The van der Waals surface area contributed by atoms with Gasteiger partial charge in [-0.3, -0.25) is 9.59 Å². The molecule has 1 aromatic carbocycles. The van der Waals surface area contributed by atoms with Gasteiger partial charge in [0.05, 0.1) is 36.6 Å². The summed E-state index contributed by atoms with van der Waals surface area (Å²) in [6.07, 6.45) is 4.08. The molecule has 3 aliphatic heterocycles. The summed E-state index contributed by atoms with van der Waals surface area (Å²) >= 11 is 0. The van der Waals surface area contributed by atoms with Gasteiger partial charge in [-0.05, 0) is 18.6 Å². The molecule has 1 saturated heterocycles. The lowest BCUT2D eigenvalue weighted by Gasteiger charge is -2.30. The van der Waals surface area contributed by atoms with Crippen molar-refractivity contribution >= 4 is 40.4 Å². The highest BCUT2D eigenvalue weighted by molar-refractivity contribution is 6.32. The van der Waals surface area contributed by atoms with Crippen molar-refractivity contribution in [2.45, 2.75) is 12.8 Å². The molecule has 0 unspecified atom stereocenters. The van der Waals surface area contributed by atoms with Gasteiger partial charge in [-0.15, -0.1) is 0 Å². The van der Waals surface area contributed by atoms with Gasteiger partial charge < -0.3 is 35.2 Å². The molecule has 11 nitrogen and oxygen atoms in total. The van der Waals surface area contributed by atoms with E-state index in [9.17, 15) is 9.59 Å². The molecule has 4 heterocycles. The average molecular weight is 480 g/mol. The molecule has 2 aromatic rings. The van der Waals surface area contributed by atoms with Crippen LogP contribution >= 0.6 is 0 Å². The first-order valence-corrected chi connectivity index (χ1v) is 11.8. The number of fused-ring (bicyclic) bond motifs is 2. The second kappa shape index (κ2) is 10.2. The number of hydrogen-bond donors (Lipinski definition) is 3. The number of carbonyl (C=O) groups excluding carboxylic acids is 2. The van der Waals surface area contributed by atoms with E-state index in [1.165, 1.54) is 6.33 Å². The minimum Gasteiger partial charge on any atom is -0.491 e. The Balaban J connectivity index is 1.49. The number of carbonyl (C=O) groups is 2. The van der Waals surface area contributed by atoms with Gasteiger partial charge in [-0.25, -0.2) is 9.97 Å². The Kier molecular flexibility index (Phi) is 6.66. The highest BCUT2D eigenvalue weighted by Crippen LogP contribution is 2.36. The molecular formula is C24H29N7O4. The number of ether oxygens (including phenoxy) is 2. The Morgan fingerprint density at radius 3 is 2.71 bits per heavy atom. The number of rotatable bonds is 1. The molecule has 184 valence electrons. The van der Waals surface area contributed by atoms with Crippen LogP contribution < -0.4 is 25.6 Å². The highest BCUT2D eigenvalue weighted by Gasteiger charge is 2.29. The number of aromatic nitrogens is 2. The van der Waals surface area contributed by atoms with Gasteiger partial charge in [-0.1, -0.05) is 0 Å². The molecule has 1 fully saturated rings. The fraction of sp³-hybridized carbons (Fsp3) is 0.417. The van der Waals surface area contributed by atoms with Crippen LogP contribution in [0.1, 0.15) is 18.4 Å². The van der Waals surface area contributed by atoms with E-state index < -0.39 is 0 Å². The number of likely N-dealkylation sites (N-methyl/N-ethyl adjacent to an activating group) is 1. The van der Waals surface area contributed by atoms with Gasteiger partial charge >= 0.3 is 0 Å². The topological polar surface area (TPSA) is 121 Å². The van der Waals surface area contributed by atoms with Crippen LogP contribution in [0.15, 0.2) is 30.7 Å². The van der Waals surface area contributed by atoms with Crippen LogP contribution in [0.25, 0.3) is 5.57 Å². The Labute approximate surface area is 203 Å². The van der Waals surface area contributed by atoms with Crippen LogP contribution in [0.3, 0.4) is 0 Å². The van der Waals surface area contributed by atoms with Crippen LogP contribution in [-0.2, 0) is 14.3 Å². The van der Waals surface area contributed by atoms with Gasteiger partial charge in [0.1, 0.15) is 23.7 Å². The molecule has 0 spiro atoms. The van der Waals surface area contributed by atoms with Gasteiger partial charge in [0.15, 0.2) is 0 Å². The summed E-state index contributed by atoms with van der Waals surface area (Å²) in [5.74, 6) is 1.51. The van der Waals surface area contributed by atoms with E-state index in [-0.39, 0.29) is 11.8 Å². The Hall–Kier alpha value is -3.86. The fourth-order valence-electron chi connectivity index (χ4n) is 4.30. The molecule has 0 radical (unpaired) electrons. The van der Waals surface area contributed by atoms with Gasteiger partial charge in [-0.2, -0.15) is 0 Å². The first-order chi connectivity index (χ1) is 17.1. The molecule has 2 amide bonds. The number of nitrogens with zero attached hydrogens (tertiary/aromatic N) is 4. The minimum absolute atomic E-state index is 0.0499. The average Bonchev–Trinajstić information content (AvgIpc) is 3.20. The fourth-order valence-corrected chi connectivity index (χ4v) is 4.30. The summed E-state index contributed by atoms with van der Waals surface area (Å²) in [7, 11) is 1.78. The van der Waals surface area contributed by atoms with E-state index in [1.54, 1.807) is 18.1 Å². The molecule has 5 rings (SSSR count). The predicted octanol–water partition coefficient (Wildman–Crippen LogP) is 1.76. The summed E-state index contributed by atoms with van der Waals surface area (Å²) < 4.78 is 11.6. The summed E-state index contributed by atoms with van der Waals surface area (Å²) in [5.41, 5.74) is 2.79. The zero-order valence-electron chi connectivity index (χ0n) is 19.7. The van der Waals surface area contributed by atoms with Crippen LogP contribution in [0.5, 0.6) is 5.75 Å². The Bertz CT molecular complexity index is 1150. The summed E-state index contributed by atoms with van der Waals surface area (Å²) in [6.45, 7) is 4.30. The van der Waals surface area contributed by atoms with Gasteiger partial charge in [0, 0.05) is 57.6 Å². The largest absolute Gasteiger partial charge is 0.491 e. The predicted molar refractivity (Wildman–Crippen MR) is 133 cm³/mol. The lowest BCUT2D eigenvalue weighted by atomic mass is 10.1. The summed E-state index contributed by atoms with van der Waals surface area (Å²) in [6, 6.07) is 5.88. The van der Waals surface area contributed by atoms with Gasteiger partial charge in [0.2, 0.25) is 5.91 Å². The molecule has 2 bridgehead atoms. The van der Waals surface area contributed by atoms with E-state index in [0.717, 1.165) is 30.2 Å². The van der Waals surface area contributed by atoms with E-state index >= 15 is 0 Å². The molecule has 3 aliphatic rings. The normalized spacial score (nSPS) is 20.4. The smallest absolute Gasteiger partial charge is 0.259 e. The molecule has 3 N–H and O–H groups in total. The SMILES string of the molecule is CN1CCNc2ncnc3c2/C(=C\Nc2ccc(N4CCOCC4)c(c2)OCCCC1=O)C(=O)N3. The molecular weight excluding hydrogens is 450 g/mol. The lowest BCUT2D eigenvalue weighted by molar-refractivity contribution is -0.130. The van der Waals surface area contributed by atoms with Crippen LogP contribution in [0.4, 0.5) is 23.0 Å². The molecule has 11 heteroatoms. The quantitative estimate of drug-likeness (QED) is 0.562. The zero-order chi connectivity index (χ0) is 24.2. The maximum absolute atomic E-state index is 12.7. The number of hydrogen-bond acceptors (Lipinski definition) is 9. The molecule has 0 saturated carbocycles. The minimum atomic E-state index is -0.261. The summed E-state index contributed by atoms with van der Waals surface area (Å²) in [4.78, 5) is 37.7. The lowest BCUT2D eigenvalue weighted by Crippen LogP contribution is -2.36. The second-order valence-corrected chi connectivity index (χ2v) is 8.58. The van der Waals surface area contributed by atoms with Crippen molar-refractivity contribution in [2.24, 2.45) is 0 Å². The number of anilines is 4. The van der Waals surface area contributed by atoms with E-state index in [0.29, 0.717) is 68.5 Å². The van der Waals surface area contributed by atoms with Crippen molar-refractivity contribution in [1.82, 2.24) is 14.9 Å². The second-order valence-electron chi connectivity index (χ2n) is 8.58. The van der Waals surface area contributed by atoms with Crippen molar-refractivity contribution in [1.29, 1.82) is 0 Å². The third-order valence-corrected chi connectivity index (χ3v) is 6.25. The molecule has 1 aromatic heterocycles. The van der Waals surface area contributed by atoms with E-state index in [2.05, 4.69) is 30.8 Å². The first kappa shape index (κ1) is 22.9. The van der Waals surface area contributed by atoms with Crippen molar-refractivity contribution in [3.8, 4) is 5.75 Å². The zero-order valence-corrected chi connectivity index (χ0v) is 19.7. The maximum Gasteiger partial charge on any atom is 0.259 e. The van der Waals surface area contributed by atoms with Gasteiger partial charge in [0.25, 0.3) is 5.91 Å². The molecule has 0 atom stereocenters. The van der Waals surface area contributed by atoms with Crippen molar-refractivity contribution in [3.05, 3.63) is 36.3 Å². The highest BCUT2D eigenvalue weighted by atomic mass is 16.5. The Morgan fingerprint density at radius 1 is 1.03 bits per heavy atom.